The molecular formula is C25H34N2O3. The zero-order valence-corrected chi connectivity index (χ0v) is 18.5. The summed E-state index contributed by atoms with van der Waals surface area (Å²) in [5, 5.41) is 5.68. The number of rotatable bonds is 8. The Morgan fingerprint density at radius 2 is 1.67 bits per heavy atom. The predicted molar refractivity (Wildman–Crippen MR) is 120 cm³/mol. The van der Waals surface area contributed by atoms with Crippen molar-refractivity contribution in [3.63, 3.8) is 0 Å². The average Bonchev–Trinajstić information content (AvgIpc) is 3.17. The minimum Gasteiger partial charge on any atom is -0.491 e. The van der Waals surface area contributed by atoms with Gasteiger partial charge in [-0.3, -0.25) is 0 Å². The predicted octanol–water partition coefficient (Wildman–Crippen LogP) is 5.57. The van der Waals surface area contributed by atoms with Crippen LogP contribution in [0.5, 0.6) is 11.5 Å². The van der Waals surface area contributed by atoms with Crippen molar-refractivity contribution in [1.29, 1.82) is 0 Å². The van der Waals surface area contributed by atoms with Crippen LogP contribution in [0.1, 0.15) is 70.0 Å². The Bertz CT molecular complexity index is 802. The van der Waals surface area contributed by atoms with Gasteiger partial charge >= 0.3 is 6.03 Å². The molecule has 1 aliphatic carbocycles. The fourth-order valence-corrected chi connectivity index (χ4v) is 3.96. The Balaban J connectivity index is 1.51. The Morgan fingerprint density at radius 1 is 1.00 bits per heavy atom. The Morgan fingerprint density at radius 3 is 2.30 bits per heavy atom. The first kappa shape index (κ1) is 22.0. The lowest BCUT2D eigenvalue weighted by Crippen LogP contribution is -2.36. The molecule has 3 atom stereocenters. The number of amides is 2. The molecule has 5 nitrogen and oxygen atoms in total. The van der Waals surface area contributed by atoms with E-state index in [-0.39, 0.29) is 24.3 Å². The van der Waals surface area contributed by atoms with Crippen molar-refractivity contribution in [2.75, 3.05) is 6.54 Å². The van der Waals surface area contributed by atoms with E-state index in [1.807, 2.05) is 52.0 Å². The smallest absolute Gasteiger partial charge is 0.315 e. The first-order valence-electron chi connectivity index (χ1n) is 11.0. The number of nitrogens with one attached hydrogen (secondary N) is 2. The van der Waals surface area contributed by atoms with Crippen LogP contribution in [0.3, 0.4) is 0 Å². The highest BCUT2D eigenvalue weighted by atomic mass is 16.5. The largest absolute Gasteiger partial charge is 0.491 e. The van der Waals surface area contributed by atoms with Crippen molar-refractivity contribution >= 4 is 6.03 Å². The molecule has 0 radical (unpaired) electrons. The number of carbonyl (C=O) groups excluding carboxylic acids is 1. The monoisotopic (exact) mass is 410 g/mol. The fourth-order valence-electron chi connectivity index (χ4n) is 3.96. The third-order valence-electron chi connectivity index (χ3n) is 5.48. The van der Waals surface area contributed by atoms with E-state index in [0.717, 1.165) is 36.3 Å². The Labute approximate surface area is 180 Å². The van der Waals surface area contributed by atoms with E-state index in [9.17, 15) is 4.79 Å². The van der Waals surface area contributed by atoms with Crippen molar-refractivity contribution in [3.8, 4) is 11.5 Å². The van der Waals surface area contributed by atoms with Crippen molar-refractivity contribution < 1.29 is 14.3 Å². The summed E-state index contributed by atoms with van der Waals surface area (Å²) in [7, 11) is 0. The lowest BCUT2D eigenvalue weighted by atomic mass is 9.97. The van der Waals surface area contributed by atoms with Crippen LogP contribution >= 0.6 is 0 Å². The topological polar surface area (TPSA) is 59.6 Å². The van der Waals surface area contributed by atoms with E-state index >= 15 is 0 Å². The van der Waals surface area contributed by atoms with Crippen LogP contribution < -0.4 is 20.1 Å². The van der Waals surface area contributed by atoms with Gasteiger partial charge in [0.25, 0.3) is 0 Å². The molecule has 0 aliphatic heterocycles. The van der Waals surface area contributed by atoms with Crippen LogP contribution in [0.25, 0.3) is 0 Å². The number of urea groups is 1. The fraction of sp³-hybridized carbons (Fsp3) is 0.480. The van der Waals surface area contributed by atoms with Gasteiger partial charge in [-0.2, -0.15) is 0 Å². The molecule has 1 fully saturated rings. The lowest BCUT2D eigenvalue weighted by molar-refractivity contribution is 0.208. The van der Waals surface area contributed by atoms with Crippen LogP contribution in [0.15, 0.2) is 48.5 Å². The van der Waals surface area contributed by atoms with Gasteiger partial charge in [0, 0.05) is 6.54 Å². The van der Waals surface area contributed by atoms with Crippen molar-refractivity contribution in [1.82, 2.24) is 10.6 Å². The molecule has 0 aromatic heterocycles. The van der Waals surface area contributed by atoms with Gasteiger partial charge in [0.15, 0.2) is 0 Å². The zero-order chi connectivity index (χ0) is 21.5. The number of benzene rings is 2. The minimum atomic E-state index is -0.147. The highest BCUT2D eigenvalue weighted by molar-refractivity contribution is 5.74. The summed E-state index contributed by atoms with van der Waals surface area (Å²) in [5.74, 6) is 2.34. The maximum Gasteiger partial charge on any atom is 0.315 e. The summed E-state index contributed by atoms with van der Waals surface area (Å²) in [6, 6.07) is 16.3. The summed E-state index contributed by atoms with van der Waals surface area (Å²) >= 11 is 0. The molecule has 1 aliphatic rings. The van der Waals surface area contributed by atoms with Gasteiger partial charge in [0.05, 0.1) is 18.2 Å². The summed E-state index contributed by atoms with van der Waals surface area (Å²) in [6.07, 6.45) is 3.66. The second-order valence-electron chi connectivity index (χ2n) is 8.28. The van der Waals surface area contributed by atoms with E-state index in [2.05, 4.69) is 34.9 Å². The Hall–Kier alpha value is -2.69. The molecule has 2 aromatic carbocycles. The van der Waals surface area contributed by atoms with Crippen LogP contribution in [0, 0.1) is 0 Å². The van der Waals surface area contributed by atoms with Gasteiger partial charge in [0.2, 0.25) is 0 Å². The maximum absolute atomic E-state index is 11.7. The summed E-state index contributed by atoms with van der Waals surface area (Å²) < 4.78 is 12.0. The highest BCUT2D eigenvalue weighted by Crippen LogP contribution is 2.37. The molecule has 0 heterocycles. The van der Waals surface area contributed by atoms with Gasteiger partial charge in [-0.1, -0.05) is 24.3 Å². The zero-order valence-electron chi connectivity index (χ0n) is 18.5. The minimum absolute atomic E-state index is 0.0518. The molecule has 0 spiro atoms. The molecule has 3 unspecified atom stereocenters. The third kappa shape index (κ3) is 6.15. The molecule has 2 N–H and O–H groups in total. The second kappa shape index (κ2) is 10.4. The normalized spacial score (nSPS) is 19.4. The molecule has 0 bridgehead atoms. The quantitative estimate of drug-likeness (QED) is 0.598. The molecule has 30 heavy (non-hydrogen) atoms. The first-order chi connectivity index (χ1) is 14.4. The van der Waals surface area contributed by atoms with Crippen LogP contribution in [-0.4, -0.2) is 24.8 Å². The van der Waals surface area contributed by atoms with E-state index < -0.39 is 0 Å². The van der Waals surface area contributed by atoms with E-state index in [0.29, 0.717) is 12.5 Å². The number of hydrogen-bond donors (Lipinski definition) is 2. The van der Waals surface area contributed by atoms with Crippen LogP contribution in [-0.2, 0) is 0 Å². The Kier molecular flexibility index (Phi) is 7.61. The van der Waals surface area contributed by atoms with Gasteiger partial charge in [-0.05, 0) is 88.3 Å². The van der Waals surface area contributed by atoms with Gasteiger partial charge < -0.3 is 20.1 Å². The van der Waals surface area contributed by atoms with Crippen molar-refractivity contribution in [2.24, 2.45) is 0 Å². The number of carbonyl (C=O) groups is 1. The highest BCUT2D eigenvalue weighted by Gasteiger charge is 2.27. The maximum atomic E-state index is 11.7. The van der Waals surface area contributed by atoms with E-state index in [4.69, 9.17) is 9.47 Å². The average molecular weight is 411 g/mol. The summed E-state index contributed by atoms with van der Waals surface area (Å²) in [6.45, 7) is 8.58. The SMILES string of the molecule is CCNC(=O)NC(C)c1ccc(OC2CCC(c3ccc(OC(C)C)cc3)C2)cc1. The van der Waals surface area contributed by atoms with Crippen molar-refractivity contribution in [2.45, 2.75) is 71.1 Å². The van der Waals surface area contributed by atoms with E-state index in [1.54, 1.807) is 0 Å². The molecule has 2 amide bonds. The molecule has 1 saturated carbocycles. The second-order valence-corrected chi connectivity index (χ2v) is 8.28. The van der Waals surface area contributed by atoms with Crippen LogP contribution in [0.4, 0.5) is 4.79 Å². The summed E-state index contributed by atoms with van der Waals surface area (Å²) in [5.41, 5.74) is 2.42. The number of hydrogen-bond acceptors (Lipinski definition) is 3. The van der Waals surface area contributed by atoms with E-state index in [1.165, 1.54) is 5.56 Å². The molecule has 3 rings (SSSR count). The van der Waals surface area contributed by atoms with Crippen LogP contribution in [0.2, 0.25) is 0 Å². The van der Waals surface area contributed by atoms with Crippen molar-refractivity contribution in [3.05, 3.63) is 59.7 Å². The lowest BCUT2D eigenvalue weighted by Gasteiger charge is -2.17. The molecule has 2 aromatic rings. The molecule has 162 valence electrons. The summed E-state index contributed by atoms with van der Waals surface area (Å²) in [4.78, 5) is 11.7. The molecule has 0 saturated heterocycles. The van der Waals surface area contributed by atoms with Gasteiger partial charge in [-0.15, -0.1) is 0 Å². The standard InChI is InChI=1S/C25H34N2O3/c1-5-26-25(28)27-18(4)19-6-11-23(12-7-19)30-24-15-10-21(16-24)20-8-13-22(14-9-20)29-17(2)3/h6-9,11-14,17-18,21,24H,5,10,15-16H2,1-4H3,(H2,26,27,28). The molecular weight excluding hydrogens is 376 g/mol. The van der Waals surface area contributed by atoms with Gasteiger partial charge in [0.1, 0.15) is 11.5 Å². The first-order valence-corrected chi connectivity index (χ1v) is 11.0. The third-order valence-corrected chi connectivity index (χ3v) is 5.48. The number of ether oxygens (including phenoxy) is 2. The molecule has 5 heteroatoms. The van der Waals surface area contributed by atoms with Gasteiger partial charge in [-0.25, -0.2) is 4.79 Å².